The maximum atomic E-state index is 9.90. The first kappa shape index (κ1) is 18.1. The van der Waals surface area contributed by atoms with Gasteiger partial charge in [0.05, 0.1) is 12.6 Å². The number of aliphatic hydroxyl groups is 1. The van der Waals surface area contributed by atoms with Crippen molar-refractivity contribution in [3.05, 3.63) is 65.4 Å². The second-order valence-corrected chi connectivity index (χ2v) is 7.48. The minimum atomic E-state index is 0.192. The molecule has 0 radical (unpaired) electrons. The van der Waals surface area contributed by atoms with E-state index in [1.54, 1.807) is 0 Å². The zero-order valence-electron chi connectivity index (χ0n) is 16.0. The van der Waals surface area contributed by atoms with E-state index in [0.29, 0.717) is 12.5 Å². The van der Waals surface area contributed by atoms with Crippen molar-refractivity contribution in [1.82, 2.24) is 4.98 Å². The molecular weight excluding hydrogens is 334 g/mol. The highest BCUT2D eigenvalue weighted by atomic mass is 16.3. The number of nitrogens with one attached hydrogen (secondary N) is 1. The zero-order valence-corrected chi connectivity index (χ0v) is 16.0. The number of fused-ring (bicyclic) bond motifs is 1. The summed E-state index contributed by atoms with van der Waals surface area (Å²) in [4.78, 5) is 5.83. The molecule has 2 atom stereocenters. The lowest BCUT2D eigenvalue weighted by molar-refractivity contribution is 0.266. The minimum Gasteiger partial charge on any atom is -0.394 e. The monoisotopic (exact) mass is 363 g/mol. The van der Waals surface area contributed by atoms with Crippen LogP contribution >= 0.6 is 0 Å². The molecule has 2 aromatic carbocycles. The van der Waals surface area contributed by atoms with Gasteiger partial charge in [-0.05, 0) is 42.0 Å². The van der Waals surface area contributed by atoms with E-state index in [2.05, 4.69) is 65.5 Å². The molecular formula is C23H29N3O. The molecule has 0 saturated carbocycles. The fraction of sp³-hybridized carbons (Fsp3) is 0.391. The molecule has 142 valence electrons. The summed E-state index contributed by atoms with van der Waals surface area (Å²) in [5.74, 6) is 0.294. The molecule has 0 unspecified atom stereocenters. The Hall–Kier alpha value is -2.30. The lowest BCUT2D eigenvalue weighted by Gasteiger charge is -2.32. The van der Waals surface area contributed by atoms with E-state index < -0.39 is 0 Å². The topological polar surface area (TPSA) is 65.3 Å². The second kappa shape index (κ2) is 7.75. The van der Waals surface area contributed by atoms with Gasteiger partial charge in [-0.25, -0.2) is 0 Å². The highest BCUT2D eigenvalue weighted by molar-refractivity contribution is 5.84. The quantitative estimate of drug-likeness (QED) is 0.617. The van der Waals surface area contributed by atoms with Gasteiger partial charge in [-0.2, -0.15) is 0 Å². The Balaban J connectivity index is 1.87. The van der Waals surface area contributed by atoms with Crippen LogP contribution in [0.1, 0.15) is 48.8 Å². The van der Waals surface area contributed by atoms with Gasteiger partial charge in [-0.15, -0.1) is 0 Å². The average molecular weight is 364 g/mol. The van der Waals surface area contributed by atoms with Crippen LogP contribution in [0.15, 0.2) is 48.7 Å². The van der Waals surface area contributed by atoms with Gasteiger partial charge in [0.25, 0.3) is 0 Å². The van der Waals surface area contributed by atoms with E-state index in [-0.39, 0.29) is 12.6 Å². The van der Waals surface area contributed by atoms with E-state index in [4.69, 9.17) is 5.73 Å². The molecule has 0 aliphatic carbocycles. The number of para-hydroxylation sites is 2. The van der Waals surface area contributed by atoms with Gasteiger partial charge in [-0.1, -0.05) is 43.3 Å². The molecule has 2 heterocycles. The first-order valence-electron chi connectivity index (χ1n) is 10.0. The van der Waals surface area contributed by atoms with E-state index >= 15 is 0 Å². The van der Waals surface area contributed by atoms with Crippen molar-refractivity contribution in [2.24, 2.45) is 5.73 Å². The molecule has 1 aliphatic rings. The third-order valence-corrected chi connectivity index (χ3v) is 6.03. The first-order chi connectivity index (χ1) is 13.3. The number of rotatable bonds is 6. The van der Waals surface area contributed by atoms with Crippen LogP contribution in [-0.4, -0.2) is 29.3 Å². The van der Waals surface area contributed by atoms with E-state index in [1.165, 1.54) is 33.3 Å². The highest BCUT2D eigenvalue weighted by Crippen LogP contribution is 2.41. The van der Waals surface area contributed by atoms with Crippen molar-refractivity contribution in [2.75, 3.05) is 18.1 Å². The molecule has 1 aliphatic heterocycles. The molecule has 4 heteroatoms. The van der Waals surface area contributed by atoms with Crippen LogP contribution in [-0.2, 0) is 6.54 Å². The van der Waals surface area contributed by atoms with Gasteiger partial charge < -0.3 is 20.7 Å². The Labute approximate surface area is 161 Å². The molecule has 4 nitrogen and oxygen atoms in total. The molecule has 1 aromatic heterocycles. The Morgan fingerprint density at radius 1 is 1.19 bits per heavy atom. The number of hydrogen-bond acceptors (Lipinski definition) is 3. The van der Waals surface area contributed by atoms with E-state index in [0.717, 1.165) is 25.8 Å². The highest BCUT2D eigenvalue weighted by Gasteiger charge is 2.30. The Morgan fingerprint density at radius 3 is 2.81 bits per heavy atom. The van der Waals surface area contributed by atoms with Crippen molar-refractivity contribution in [2.45, 2.75) is 44.7 Å². The van der Waals surface area contributed by atoms with Gasteiger partial charge in [0, 0.05) is 41.8 Å². The van der Waals surface area contributed by atoms with Crippen LogP contribution in [0.25, 0.3) is 10.9 Å². The number of H-pyrrole nitrogens is 1. The fourth-order valence-electron chi connectivity index (χ4n) is 4.72. The number of anilines is 1. The summed E-state index contributed by atoms with van der Waals surface area (Å²) in [5.41, 5.74) is 12.4. The Morgan fingerprint density at radius 2 is 2.04 bits per heavy atom. The summed E-state index contributed by atoms with van der Waals surface area (Å²) in [6.45, 7) is 3.95. The van der Waals surface area contributed by atoms with Gasteiger partial charge >= 0.3 is 0 Å². The molecule has 4 N–H and O–H groups in total. The fourth-order valence-corrected chi connectivity index (χ4v) is 4.72. The molecule has 1 saturated heterocycles. The van der Waals surface area contributed by atoms with Gasteiger partial charge in [0.15, 0.2) is 0 Å². The minimum absolute atomic E-state index is 0.192. The predicted molar refractivity (Wildman–Crippen MR) is 112 cm³/mol. The van der Waals surface area contributed by atoms with Crippen molar-refractivity contribution >= 4 is 16.6 Å². The third-order valence-electron chi connectivity index (χ3n) is 6.03. The van der Waals surface area contributed by atoms with Gasteiger partial charge in [0.2, 0.25) is 0 Å². The molecule has 1 fully saturated rings. The van der Waals surface area contributed by atoms with Crippen LogP contribution in [0, 0.1) is 0 Å². The van der Waals surface area contributed by atoms with E-state index in [1.807, 2.05) is 0 Å². The summed E-state index contributed by atoms with van der Waals surface area (Å²) < 4.78 is 0. The third kappa shape index (κ3) is 3.13. The number of aromatic nitrogens is 1. The normalized spacial score (nSPS) is 18.3. The lowest BCUT2D eigenvalue weighted by atomic mass is 9.86. The largest absolute Gasteiger partial charge is 0.394 e. The maximum absolute atomic E-state index is 9.90. The second-order valence-electron chi connectivity index (χ2n) is 7.48. The molecule has 3 aromatic rings. The lowest BCUT2D eigenvalue weighted by Crippen LogP contribution is -2.34. The summed E-state index contributed by atoms with van der Waals surface area (Å²) in [7, 11) is 0. The van der Waals surface area contributed by atoms with Crippen LogP contribution in [0.5, 0.6) is 0 Å². The van der Waals surface area contributed by atoms with E-state index in [9.17, 15) is 5.11 Å². The zero-order chi connectivity index (χ0) is 18.8. The summed E-state index contributed by atoms with van der Waals surface area (Å²) >= 11 is 0. The molecule has 0 spiro atoms. The number of hydrogen-bond donors (Lipinski definition) is 3. The summed E-state index contributed by atoms with van der Waals surface area (Å²) in [5, 5.41) is 11.2. The smallest absolute Gasteiger partial charge is 0.0635 e. The summed E-state index contributed by atoms with van der Waals surface area (Å²) in [6, 6.07) is 15.2. The van der Waals surface area contributed by atoms with Crippen molar-refractivity contribution in [3.63, 3.8) is 0 Å². The van der Waals surface area contributed by atoms with Crippen molar-refractivity contribution < 1.29 is 5.11 Å². The van der Waals surface area contributed by atoms with Gasteiger partial charge in [-0.3, -0.25) is 0 Å². The van der Waals surface area contributed by atoms with Crippen LogP contribution in [0.3, 0.4) is 0 Å². The van der Waals surface area contributed by atoms with Crippen molar-refractivity contribution in [3.8, 4) is 0 Å². The number of nitrogens with two attached hydrogens (primary N) is 1. The number of nitrogens with zero attached hydrogens (tertiary/aromatic N) is 1. The predicted octanol–water partition coefficient (Wildman–Crippen LogP) is 4.13. The SMILES string of the molecule is CC[C@H](c1cccc(CN)c1N1CCC[C@H]1CO)c1c[nH]c2ccccc12. The number of benzene rings is 2. The Bertz CT molecular complexity index is 917. The summed E-state index contributed by atoms with van der Waals surface area (Å²) in [6.07, 6.45) is 5.33. The van der Waals surface area contributed by atoms with Gasteiger partial charge in [0.1, 0.15) is 0 Å². The van der Waals surface area contributed by atoms with Crippen LogP contribution in [0.2, 0.25) is 0 Å². The standard InChI is InChI=1S/C23H29N3O/c1-2-18(21-14-25-22-11-4-3-9-19(21)22)20-10-5-7-16(13-24)23(20)26-12-6-8-17(26)15-27/h3-5,7,9-11,14,17-18,25,27H,2,6,8,12-13,15,24H2,1H3/t17-,18+/m0/s1. The first-order valence-corrected chi connectivity index (χ1v) is 10.0. The van der Waals surface area contributed by atoms with Crippen LogP contribution < -0.4 is 10.6 Å². The molecule has 0 amide bonds. The maximum Gasteiger partial charge on any atom is 0.0635 e. The average Bonchev–Trinajstić information content (AvgIpc) is 3.35. The number of aromatic amines is 1. The molecule has 27 heavy (non-hydrogen) atoms. The molecule has 0 bridgehead atoms. The number of aliphatic hydroxyl groups excluding tert-OH is 1. The molecule has 4 rings (SSSR count). The van der Waals surface area contributed by atoms with Crippen molar-refractivity contribution in [1.29, 1.82) is 0 Å². The Kier molecular flexibility index (Phi) is 5.19. The van der Waals surface area contributed by atoms with Crippen LogP contribution in [0.4, 0.5) is 5.69 Å².